The number of nitrogens with one attached hydrogen (secondary N) is 1. The highest BCUT2D eigenvalue weighted by atomic mass is 16.3. The Kier molecular flexibility index (Phi) is 4.65. The molecular formula is C18H22N2O. The first kappa shape index (κ1) is 14.3. The van der Waals surface area contributed by atoms with Crippen molar-refractivity contribution in [3.05, 3.63) is 71.8 Å². The molecule has 1 fully saturated rings. The van der Waals surface area contributed by atoms with Crippen molar-refractivity contribution in [1.82, 2.24) is 10.4 Å². The molecule has 0 spiro atoms. The van der Waals surface area contributed by atoms with Crippen LogP contribution in [0.25, 0.3) is 0 Å². The van der Waals surface area contributed by atoms with Crippen LogP contribution in [0.3, 0.4) is 0 Å². The van der Waals surface area contributed by atoms with E-state index in [-0.39, 0.29) is 6.04 Å². The van der Waals surface area contributed by atoms with Crippen molar-refractivity contribution >= 4 is 0 Å². The van der Waals surface area contributed by atoms with Gasteiger partial charge in [0.1, 0.15) is 0 Å². The third-order valence-electron chi connectivity index (χ3n) is 4.04. The van der Waals surface area contributed by atoms with Crippen molar-refractivity contribution < 1.29 is 5.11 Å². The second kappa shape index (κ2) is 6.85. The fraction of sp³-hybridized carbons (Fsp3) is 0.333. The summed E-state index contributed by atoms with van der Waals surface area (Å²) in [5.74, 6) is 0. The molecule has 0 amide bonds. The number of benzene rings is 2. The third kappa shape index (κ3) is 3.50. The Labute approximate surface area is 126 Å². The van der Waals surface area contributed by atoms with Gasteiger partial charge in [0.25, 0.3) is 0 Å². The van der Waals surface area contributed by atoms with E-state index in [9.17, 15) is 5.11 Å². The highest BCUT2D eigenvalue weighted by Gasteiger charge is 2.25. The summed E-state index contributed by atoms with van der Waals surface area (Å²) < 4.78 is 0. The minimum atomic E-state index is -0.561. The van der Waals surface area contributed by atoms with Gasteiger partial charge in [-0.1, -0.05) is 60.7 Å². The van der Waals surface area contributed by atoms with E-state index in [1.165, 1.54) is 12.8 Å². The van der Waals surface area contributed by atoms with Crippen LogP contribution in [-0.4, -0.2) is 23.2 Å². The quantitative estimate of drug-likeness (QED) is 0.884. The summed E-state index contributed by atoms with van der Waals surface area (Å²) in [7, 11) is 0. The lowest BCUT2D eigenvalue weighted by molar-refractivity contribution is 0.0756. The summed E-state index contributed by atoms with van der Waals surface area (Å²) in [5.41, 5.74) is 5.57. The molecule has 21 heavy (non-hydrogen) atoms. The van der Waals surface area contributed by atoms with Gasteiger partial charge in [0, 0.05) is 13.1 Å². The highest BCUT2D eigenvalue weighted by Crippen LogP contribution is 2.29. The normalized spacial score (nSPS) is 18.5. The van der Waals surface area contributed by atoms with Crippen molar-refractivity contribution in [1.29, 1.82) is 0 Å². The molecule has 1 aliphatic rings. The van der Waals surface area contributed by atoms with Crippen LogP contribution < -0.4 is 5.43 Å². The Balaban J connectivity index is 1.84. The van der Waals surface area contributed by atoms with Gasteiger partial charge in [-0.3, -0.25) is 0 Å². The summed E-state index contributed by atoms with van der Waals surface area (Å²) in [6, 6.07) is 19.9. The number of aliphatic hydroxyl groups is 1. The fourth-order valence-electron chi connectivity index (χ4n) is 2.87. The predicted octanol–water partition coefficient (Wildman–Crippen LogP) is 3.06. The summed E-state index contributed by atoms with van der Waals surface area (Å²) in [6.45, 7) is 2.09. The van der Waals surface area contributed by atoms with Gasteiger partial charge < -0.3 is 5.11 Å². The second-order valence-electron chi connectivity index (χ2n) is 5.57. The van der Waals surface area contributed by atoms with Crippen LogP contribution in [0, 0.1) is 0 Å². The maximum absolute atomic E-state index is 10.8. The van der Waals surface area contributed by atoms with Crippen molar-refractivity contribution in [2.45, 2.75) is 25.0 Å². The summed E-state index contributed by atoms with van der Waals surface area (Å²) in [5, 5.41) is 13.0. The molecule has 2 atom stereocenters. The monoisotopic (exact) mass is 282 g/mol. The van der Waals surface area contributed by atoms with E-state index in [4.69, 9.17) is 0 Å². The molecule has 1 aliphatic heterocycles. The number of nitrogens with zero attached hydrogens (tertiary/aromatic N) is 1. The zero-order valence-corrected chi connectivity index (χ0v) is 12.2. The maximum Gasteiger partial charge on any atom is 0.0997 e. The van der Waals surface area contributed by atoms with Gasteiger partial charge in [-0.05, 0) is 24.0 Å². The Morgan fingerprint density at radius 3 is 1.90 bits per heavy atom. The van der Waals surface area contributed by atoms with Gasteiger partial charge in [-0.2, -0.15) is 0 Å². The minimum absolute atomic E-state index is 0.119. The molecule has 0 bridgehead atoms. The topological polar surface area (TPSA) is 35.5 Å². The molecule has 0 saturated carbocycles. The van der Waals surface area contributed by atoms with Crippen LogP contribution in [0.2, 0.25) is 0 Å². The standard InChI is InChI=1S/C18H22N2O/c21-18(16-11-5-2-6-12-16)17(15-9-3-1-4-10-15)19-20-13-7-8-14-20/h1-6,9-12,17-19,21H,7-8,13-14H2. The number of hydrogen-bond acceptors (Lipinski definition) is 3. The lowest BCUT2D eigenvalue weighted by Gasteiger charge is -2.29. The van der Waals surface area contributed by atoms with E-state index in [2.05, 4.69) is 22.6 Å². The van der Waals surface area contributed by atoms with Gasteiger partial charge in [0.05, 0.1) is 12.1 Å². The number of hydrogen-bond donors (Lipinski definition) is 2. The molecule has 3 rings (SSSR count). The lowest BCUT2D eigenvalue weighted by Crippen LogP contribution is -2.40. The fourth-order valence-corrected chi connectivity index (χ4v) is 2.87. The first-order valence-corrected chi connectivity index (χ1v) is 7.63. The van der Waals surface area contributed by atoms with E-state index in [1.807, 2.05) is 48.5 Å². The molecule has 3 heteroatoms. The molecule has 110 valence electrons. The molecule has 1 saturated heterocycles. The van der Waals surface area contributed by atoms with Crippen LogP contribution in [0.1, 0.15) is 36.1 Å². The largest absolute Gasteiger partial charge is 0.386 e. The SMILES string of the molecule is OC(c1ccccc1)C(NN1CCCC1)c1ccccc1. The van der Waals surface area contributed by atoms with E-state index >= 15 is 0 Å². The number of aliphatic hydroxyl groups excluding tert-OH is 1. The Morgan fingerprint density at radius 2 is 1.33 bits per heavy atom. The molecule has 2 aromatic carbocycles. The van der Waals surface area contributed by atoms with Gasteiger partial charge in [-0.25, -0.2) is 10.4 Å². The van der Waals surface area contributed by atoms with Crippen LogP contribution >= 0.6 is 0 Å². The minimum Gasteiger partial charge on any atom is -0.386 e. The average molecular weight is 282 g/mol. The van der Waals surface area contributed by atoms with Gasteiger partial charge in [0.15, 0.2) is 0 Å². The average Bonchev–Trinajstić information content (AvgIpc) is 3.07. The van der Waals surface area contributed by atoms with E-state index < -0.39 is 6.10 Å². The van der Waals surface area contributed by atoms with Crippen molar-refractivity contribution in [2.75, 3.05) is 13.1 Å². The first-order chi connectivity index (χ1) is 10.3. The Hall–Kier alpha value is -1.68. The van der Waals surface area contributed by atoms with E-state index in [0.29, 0.717) is 0 Å². The van der Waals surface area contributed by atoms with Crippen LogP contribution in [-0.2, 0) is 0 Å². The van der Waals surface area contributed by atoms with E-state index in [0.717, 1.165) is 24.2 Å². The highest BCUT2D eigenvalue weighted by molar-refractivity contribution is 5.26. The summed E-state index contributed by atoms with van der Waals surface area (Å²) >= 11 is 0. The van der Waals surface area contributed by atoms with Crippen LogP contribution in [0.15, 0.2) is 60.7 Å². The molecular weight excluding hydrogens is 260 g/mol. The van der Waals surface area contributed by atoms with Gasteiger partial charge in [-0.15, -0.1) is 0 Å². The molecule has 0 radical (unpaired) electrons. The molecule has 0 aliphatic carbocycles. The zero-order chi connectivity index (χ0) is 14.5. The molecule has 2 unspecified atom stereocenters. The molecule has 2 aromatic rings. The zero-order valence-electron chi connectivity index (χ0n) is 12.2. The number of rotatable bonds is 5. The van der Waals surface area contributed by atoms with Crippen molar-refractivity contribution in [3.63, 3.8) is 0 Å². The Bertz CT molecular complexity index is 538. The van der Waals surface area contributed by atoms with Crippen molar-refractivity contribution in [3.8, 4) is 0 Å². The molecule has 3 nitrogen and oxygen atoms in total. The van der Waals surface area contributed by atoms with Gasteiger partial charge >= 0.3 is 0 Å². The van der Waals surface area contributed by atoms with Crippen LogP contribution in [0.5, 0.6) is 0 Å². The van der Waals surface area contributed by atoms with Crippen molar-refractivity contribution in [2.24, 2.45) is 0 Å². The lowest BCUT2D eigenvalue weighted by atomic mass is 9.96. The molecule has 0 aromatic heterocycles. The first-order valence-electron chi connectivity index (χ1n) is 7.63. The van der Waals surface area contributed by atoms with Crippen LogP contribution in [0.4, 0.5) is 0 Å². The number of hydrazine groups is 1. The van der Waals surface area contributed by atoms with Gasteiger partial charge in [0.2, 0.25) is 0 Å². The summed E-state index contributed by atoms with van der Waals surface area (Å²) in [4.78, 5) is 0. The second-order valence-corrected chi connectivity index (χ2v) is 5.57. The third-order valence-corrected chi connectivity index (χ3v) is 4.04. The Morgan fingerprint density at radius 1 is 0.810 bits per heavy atom. The molecule has 1 heterocycles. The summed E-state index contributed by atoms with van der Waals surface area (Å²) in [6.07, 6.45) is 1.88. The molecule has 2 N–H and O–H groups in total. The maximum atomic E-state index is 10.8. The van der Waals surface area contributed by atoms with E-state index in [1.54, 1.807) is 0 Å². The smallest absolute Gasteiger partial charge is 0.0997 e. The predicted molar refractivity (Wildman–Crippen MR) is 84.5 cm³/mol.